The van der Waals surface area contributed by atoms with E-state index >= 15 is 0 Å². The van der Waals surface area contributed by atoms with Gasteiger partial charge in [-0.15, -0.1) is 0 Å². The predicted molar refractivity (Wildman–Crippen MR) is 171 cm³/mol. The molecular weight excluding hydrogens is 560 g/mol. The number of hydrogen-bond acceptors (Lipinski definition) is 9. The second-order valence-electron chi connectivity index (χ2n) is 12.4. The van der Waals surface area contributed by atoms with Crippen LogP contribution in [0.2, 0.25) is 0 Å². The Bertz CT molecular complexity index is 1420. The SMILES string of the molecule is CCCCOc1nc(N)c2[nH]c(=O)n(CCCN(Cc3ccc(CC(=O)O)cc3)C3CCN(C4CCN(C)CC4)CC3)c2n1. The molecule has 44 heavy (non-hydrogen) atoms. The molecule has 240 valence electrons. The third kappa shape index (κ3) is 8.16. The van der Waals surface area contributed by atoms with Crippen molar-refractivity contribution in [2.24, 2.45) is 0 Å². The van der Waals surface area contributed by atoms with Crippen LogP contribution in [0.25, 0.3) is 11.2 Å². The molecule has 4 N–H and O–H groups in total. The highest BCUT2D eigenvalue weighted by Gasteiger charge is 2.30. The van der Waals surface area contributed by atoms with Crippen LogP contribution < -0.4 is 16.2 Å². The maximum atomic E-state index is 12.9. The number of benzene rings is 1. The zero-order valence-electron chi connectivity index (χ0n) is 26.2. The van der Waals surface area contributed by atoms with E-state index in [1.807, 2.05) is 24.3 Å². The fourth-order valence-electron chi connectivity index (χ4n) is 6.58. The van der Waals surface area contributed by atoms with E-state index in [2.05, 4.69) is 43.6 Å². The van der Waals surface area contributed by atoms with Crippen molar-refractivity contribution in [3.8, 4) is 6.01 Å². The van der Waals surface area contributed by atoms with Gasteiger partial charge in [-0.25, -0.2) is 4.79 Å². The van der Waals surface area contributed by atoms with Gasteiger partial charge in [0, 0.05) is 31.7 Å². The Hall–Kier alpha value is -3.48. The summed E-state index contributed by atoms with van der Waals surface area (Å²) in [5.41, 5.74) is 8.78. The molecule has 0 bridgehead atoms. The minimum atomic E-state index is -0.824. The van der Waals surface area contributed by atoms with Gasteiger partial charge < -0.3 is 30.4 Å². The minimum absolute atomic E-state index is 0.0260. The number of aromatic nitrogens is 4. The van der Waals surface area contributed by atoms with E-state index in [1.54, 1.807) is 4.57 Å². The van der Waals surface area contributed by atoms with Crippen LogP contribution in [-0.2, 0) is 24.3 Å². The predicted octanol–water partition coefficient (Wildman–Crippen LogP) is 2.96. The monoisotopic (exact) mass is 608 g/mol. The van der Waals surface area contributed by atoms with Gasteiger partial charge in [-0.3, -0.25) is 14.3 Å². The van der Waals surface area contributed by atoms with Crippen LogP contribution in [0.15, 0.2) is 29.1 Å². The van der Waals surface area contributed by atoms with E-state index in [0.29, 0.717) is 36.4 Å². The van der Waals surface area contributed by atoms with Crippen molar-refractivity contribution in [3.63, 3.8) is 0 Å². The summed E-state index contributed by atoms with van der Waals surface area (Å²) in [6, 6.07) is 9.24. The fourth-order valence-corrected chi connectivity index (χ4v) is 6.58. The number of likely N-dealkylation sites (tertiary alicyclic amines) is 2. The number of nitrogens with zero attached hydrogens (tertiary/aromatic N) is 6. The molecule has 2 fully saturated rings. The van der Waals surface area contributed by atoms with Gasteiger partial charge in [-0.2, -0.15) is 9.97 Å². The number of anilines is 1. The molecule has 0 atom stereocenters. The zero-order valence-corrected chi connectivity index (χ0v) is 26.2. The summed E-state index contributed by atoms with van der Waals surface area (Å²) in [5.74, 6) is -0.614. The fraction of sp³-hybridized carbons (Fsp3) is 0.625. The van der Waals surface area contributed by atoms with Gasteiger partial charge in [-0.1, -0.05) is 37.6 Å². The summed E-state index contributed by atoms with van der Waals surface area (Å²) in [7, 11) is 2.21. The van der Waals surface area contributed by atoms with Gasteiger partial charge in [-0.05, 0) is 82.9 Å². The van der Waals surface area contributed by atoms with Gasteiger partial charge in [0.2, 0.25) is 0 Å². The average Bonchev–Trinajstić information content (AvgIpc) is 3.33. The second kappa shape index (κ2) is 15.0. The number of unbranched alkanes of at least 4 members (excludes halogenated alkanes) is 1. The molecule has 0 aliphatic carbocycles. The van der Waals surface area contributed by atoms with Crippen molar-refractivity contribution in [1.29, 1.82) is 0 Å². The van der Waals surface area contributed by atoms with Crippen molar-refractivity contribution in [2.45, 2.75) is 83.5 Å². The van der Waals surface area contributed by atoms with Crippen molar-refractivity contribution in [2.75, 3.05) is 52.1 Å². The number of nitrogen functional groups attached to an aromatic ring is 1. The molecule has 0 amide bonds. The highest BCUT2D eigenvalue weighted by atomic mass is 16.5. The lowest BCUT2D eigenvalue weighted by molar-refractivity contribution is -0.136. The first-order valence-corrected chi connectivity index (χ1v) is 16.2. The van der Waals surface area contributed by atoms with E-state index in [9.17, 15) is 9.59 Å². The number of H-pyrrole nitrogens is 1. The Morgan fingerprint density at radius 3 is 2.45 bits per heavy atom. The van der Waals surface area contributed by atoms with Crippen molar-refractivity contribution in [1.82, 2.24) is 34.2 Å². The highest BCUT2D eigenvalue weighted by Crippen LogP contribution is 2.25. The molecule has 0 unspecified atom stereocenters. The zero-order chi connectivity index (χ0) is 31.1. The Morgan fingerprint density at radius 2 is 1.77 bits per heavy atom. The molecule has 0 saturated carbocycles. The molecule has 0 spiro atoms. The van der Waals surface area contributed by atoms with Gasteiger partial charge >= 0.3 is 17.7 Å². The molecule has 2 aliphatic rings. The number of carbonyl (C=O) groups is 1. The third-order valence-corrected chi connectivity index (χ3v) is 9.17. The number of carboxylic acids is 1. The van der Waals surface area contributed by atoms with E-state index in [1.165, 1.54) is 25.9 Å². The number of imidazole rings is 1. The maximum absolute atomic E-state index is 12.9. The third-order valence-electron chi connectivity index (χ3n) is 9.17. The number of carboxylic acid groups (broad SMARTS) is 1. The van der Waals surface area contributed by atoms with E-state index in [0.717, 1.165) is 69.4 Å². The molecule has 2 aromatic heterocycles. The topological polar surface area (TPSA) is 146 Å². The molecule has 2 saturated heterocycles. The Balaban J connectivity index is 1.27. The maximum Gasteiger partial charge on any atom is 0.327 e. The second-order valence-corrected chi connectivity index (χ2v) is 12.4. The Labute approximate surface area is 259 Å². The standard InChI is InChI=1S/C32H48N8O4/c1-3-4-20-44-31-35-29(33)28-30(36-31)40(32(43)34-28)15-5-14-39(22-24-8-6-23(7-9-24)21-27(41)42)26-12-18-38(19-13-26)25-10-16-37(2)17-11-25/h6-9,25-26H,3-5,10-22H2,1-2H3,(H,34,43)(H,41,42)(H2,33,35,36). The van der Waals surface area contributed by atoms with Crippen LogP contribution >= 0.6 is 0 Å². The molecule has 4 heterocycles. The van der Waals surface area contributed by atoms with Gasteiger partial charge in [0.15, 0.2) is 11.5 Å². The number of hydrogen-bond donors (Lipinski definition) is 3. The van der Waals surface area contributed by atoms with E-state index < -0.39 is 5.97 Å². The van der Waals surface area contributed by atoms with Crippen LogP contribution in [0.4, 0.5) is 5.82 Å². The number of nitrogens with two attached hydrogens (primary N) is 1. The number of aromatic amines is 1. The molecular formula is C32H48N8O4. The van der Waals surface area contributed by atoms with Crippen LogP contribution in [0, 0.1) is 0 Å². The van der Waals surface area contributed by atoms with Crippen molar-refractivity contribution < 1.29 is 14.6 Å². The summed E-state index contributed by atoms with van der Waals surface area (Å²) in [6.45, 7) is 9.22. The summed E-state index contributed by atoms with van der Waals surface area (Å²) < 4.78 is 7.34. The first-order chi connectivity index (χ1) is 21.3. The Morgan fingerprint density at radius 1 is 1.07 bits per heavy atom. The summed E-state index contributed by atoms with van der Waals surface area (Å²) in [5, 5.41) is 9.16. The van der Waals surface area contributed by atoms with E-state index in [-0.39, 0.29) is 23.9 Å². The first-order valence-electron chi connectivity index (χ1n) is 16.2. The van der Waals surface area contributed by atoms with Crippen molar-refractivity contribution in [3.05, 3.63) is 45.9 Å². The molecule has 5 rings (SSSR count). The Kier molecular flexibility index (Phi) is 10.9. The van der Waals surface area contributed by atoms with Gasteiger partial charge in [0.05, 0.1) is 13.0 Å². The van der Waals surface area contributed by atoms with Crippen molar-refractivity contribution >= 4 is 23.0 Å². The largest absolute Gasteiger partial charge is 0.481 e. The molecule has 12 nitrogen and oxygen atoms in total. The first kappa shape index (κ1) is 31.9. The smallest absolute Gasteiger partial charge is 0.327 e. The number of ether oxygens (including phenoxy) is 1. The van der Waals surface area contributed by atoms with Crippen LogP contribution in [0.3, 0.4) is 0 Å². The van der Waals surface area contributed by atoms with E-state index in [4.69, 9.17) is 15.6 Å². The van der Waals surface area contributed by atoms with Gasteiger partial charge in [0.1, 0.15) is 5.52 Å². The van der Waals surface area contributed by atoms with Gasteiger partial charge in [0.25, 0.3) is 0 Å². The van der Waals surface area contributed by atoms with Crippen LogP contribution in [0.5, 0.6) is 6.01 Å². The number of aliphatic carboxylic acids is 1. The quantitative estimate of drug-likeness (QED) is 0.234. The summed E-state index contributed by atoms with van der Waals surface area (Å²) in [4.78, 5) is 43.3. The lowest BCUT2D eigenvalue weighted by Gasteiger charge is -2.43. The average molecular weight is 609 g/mol. The number of nitrogens with one attached hydrogen (secondary N) is 1. The number of aryl methyl sites for hydroxylation is 1. The normalized spacial score (nSPS) is 17.5. The minimum Gasteiger partial charge on any atom is -0.481 e. The molecule has 0 radical (unpaired) electrons. The summed E-state index contributed by atoms with van der Waals surface area (Å²) in [6.07, 6.45) is 7.37. The number of rotatable bonds is 14. The molecule has 2 aliphatic heterocycles. The van der Waals surface area contributed by atoms with Crippen LogP contribution in [0.1, 0.15) is 63.0 Å². The molecule has 3 aromatic rings. The lowest BCUT2D eigenvalue weighted by Crippen LogP contribution is -2.50. The summed E-state index contributed by atoms with van der Waals surface area (Å²) >= 11 is 0. The van der Waals surface area contributed by atoms with Crippen LogP contribution in [-0.4, -0.2) is 104 Å². The lowest BCUT2D eigenvalue weighted by atomic mass is 9.96. The molecule has 1 aromatic carbocycles. The number of fused-ring (bicyclic) bond motifs is 1. The molecule has 12 heteroatoms. The number of piperidine rings is 2. The highest BCUT2D eigenvalue weighted by molar-refractivity contribution is 5.81.